The highest BCUT2D eigenvalue weighted by molar-refractivity contribution is 7.13. The van der Waals surface area contributed by atoms with Gasteiger partial charge in [0, 0.05) is 24.4 Å². The Kier molecular flexibility index (Phi) is 4.94. The molecule has 1 aliphatic rings. The van der Waals surface area contributed by atoms with Crippen molar-refractivity contribution in [2.45, 2.75) is 6.42 Å². The van der Waals surface area contributed by atoms with Crippen LogP contribution in [0.1, 0.15) is 16.8 Å². The summed E-state index contributed by atoms with van der Waals surface area (Å²) in [4.78, 5) is 14.1. The van der Waals surface area contributed by atoms with E-state index in [4.69, 9.17) is 9.47 Å². The summed E-state index contributed by atoms with van der Waals surface area (Å²) in [6.45, 7) is 1.22. The fraction of sp³-hybridized carbons (Fsp3) is 0.130. The van der Waals surface area contributed by atoms with E-state index >= 15 is 0 Å². The summed E-state index contributed by atoms with van der Waals surface area (Å²) >= 11 is 1.55. The Balaban J connectivity index is 1.48. The zero-order chi connectivity index (χ0) is 20.3. The molecule has 2 aromatic heterocycles. The molecule has 0 spiro atoms. The van der Waals surface area contributed by atoms with Crippen LogP contribution >= 0.6 is 11.3 Å². The highest BCUT2D eigenvalue weighted by atomic mass is 32.1. The lowest BCUT2D eigenvalue weighted by Gasteiger charge is -2.10. The molecule has 1 aliphatic heterocycles. The summed E-state index contributed by atoms with van der Waals surface area (Å²) in [7, 11) is 0. The van der Waals surface area contributed by atoms with Gasteiger partial charge in [-0.1, -0.05) is 24.3 Å². The van der Waals surface area contributed by atoms with Crippen molar-refractivity contribution in [2.24, 2.45) is 0 Å². The predicted molar refractivity (Wildman–Crippen MR) is 117 cm³/mol. The van der Waals surface area contributed by atoms with Crippen molar-refractivity contribution in [3.63, 3.8) is 0 Å². The third kappa shape index (κ3) is 3.67. The fourth-order valence-electron chi connectivity index (χ4n) is 3.29. The number of ether oxygens (including phenoxy) is 2. The Bertz CT molecular complexity index is 1170. The Labute approximate surface area is 177 Å². The summed E-state index contributed by atoms with van der Waals surface area (Å²) < 4.78 is 13.1. The average molecular weight is 417 g/mol. The molecule has 0 bridgehead atoms. The van der Waals surface area contributed by atoms with E-state index < -0.39 is 0 Å². The minimum Gasteiger partial charge on any atom is -0.490 e. The maximum atomic E-state index is 13.2. The number of hydrogen-bond donors (Lipinski definition) is 1. The number of thiophene rings is 1. The van der Waals surface area contributed by atoms with Gasteiger partial charge >= 0.3 is 0 Å². The van der Waals surface area contributed by atoms with Gasteiger partial charge in [0.15, 0.2) is 11.5 Å². The molecule has 2 aromatic carbocycles. The van der Waals surface area contributed by atoms with Crippen LogP contribution in [0.25, 0.3) is 16.3 Å². The molecule has 3 heterocycles. The standard InChI is InChI=1S/C23H19N3O3S/c27-23(24-16-9-10-19-20(14-16)29-12-5-11-28-19)18-15-26(17-6-2-1-3-7-17)25-22(18)21-8-4-13-30-21/h1-4,6-10,13-15H,5,11-12H2,(H,24,27). The number of fused-ring (bicyclic) bond motifs is 1. The highest BCUT2D eigenvalue weighted by Crippen LogP contribution is 2.33. The van der Waals surface area contributed by atoms with Crippen LogP contribution in [0.2, 0.25) is 0 Å². The van der Waals surface area contributed by atoms with E-state index in [1.54, 1.807) is 28.3 Å². The number of carbonyl (C=O) groups is 1. The molecule has 1 N–H and O–H groups in total. The lowest BCUT2D eigenvalue weighted by Crippen LogP contribution is -2.12. The zero-order valence-electron chi connectivity index (χ0n) is 16.1. The van der Waals surface area contributed by atoms with Crippen molar-refractivity contribution >= 4 is 22.9 Å². The maximum Gasteiger partial charge on any atom is 0.259 e. The van der Waals surface area contributed by atoms with Crippen molar-refractivity contribution in [3.05, 3.63) is 77.8 Å². The highest BCUT2D eigenvalue weighted by Gasteiger charge is 2.20. The number of nitrogens with zero attached hydrogens (tertiary/aromatic N) is 2. The van der Waals surface area contributed by atoms with Gasteiger partial charge in [0.25, 0.3) is 5.91 Å². The van der Waals surface area contributed by atoms with E-state index in [0.29, 0.717) is 41.7 Å². The van der Waals surface area contributed by atoms with Crippen LogP contribution in [0.15, 0.2) is 72.2 Å². The minimum absolute atomic E-state index is 0.227. The first-order chi connectivity index (χ1) is 14.8. The molecule has 0 saturated carbocycles. The average Bonchev–Trinajstić information content (AvgIpc) is 3.40. The predicted octanol–water partition coefficient (Wildman–Crippen LogP) is 5.01. The van der Waals surface area contributed by atoms with Crippen molar-refractivity contribution in [3.8, 4) is 27.8 Å². The van der Waals surface area contributed by atoms with Crippen molar-refractivity contribution < 1.29 is 14.3 Å². The molecule has 0 atom stereocenters. The number of aromatic nitrogens is 2. The number of nitrogens with one attached hydrogen (secondary N) is 1. The summed E-state index contributed by atoms with van der Waals surface area (Å²) in [5.41, 5.74) is 2.70. The van der Waals surface area contributed by atoms with Gasteiger partial charge in [-0.3, -0.25) is 4.79 Å². The van der Waals surface area contributed by atoms with Crippen LogP contribution in [-0.4, -0.2) is 28.9 Å². The number of benzene rings is 2. The molecular formula is C23H19N3O3S. The molecular weight excluding hydrogens is 398 g/mol. The maximum absolute atomic E-state index is 13.2. The number of amides is 1. The van der Waals surface area contributed by atoms with E-state index in [-0.39, 0.29) is 5.91 Å². The number of para-hydroxylation sites is 1. The summed E-state index contributed by atoms with van der Waals surface area (Å²) in [6.07, 6.45) is 2.60. The first-order valence-corrected chi connectivity index (χ1v) is 10.6. The normalized spacial score (nSPS) is 12.9. The van der Waals surface area contributed by atoms with Crippen molar-refractivity contribution in [1.82, 2.24) is 9.78 Å². The Morgan fingerprint density at radius 3 is 2.63 bits per heavy atom. The first-order valence-electron chi connectivity index (χ1n) is 9.68. The number of anilines is 1. The van der Waals surface area contributed by atoms with Crippen LogP contribution in [-0.2, 0) is 0 Å². The van der Waals surface area contributed by atoms with Gasteiger partial charge in [-0.15, -0.1) is 11.3 Å². The lowest BCUT2D eigenvalue weighted by atomic mass is 10.2. The third-order valence-corrected chi connectivity index (χ3v) is 5.62. The molecule has 1 amide bonds. The number of carbonyl (C=O) groups excluding carboxylic acids is 1. The fourth-order valence-corrected chi connectivity index (χ4v) is 4.01. The Morgan fingerprint density at radius 2 is 1.83 bits per heavy atom. The molecule has 0 fully saturated rings. The molecule has 5 rings (SSSR count). The zero-order valence-corrected chi connectivity index (χ0v) is 16.9. The van der Waals surface area contributed by atoms with Gasteiger partial charge in [0.1, 0.15) is 5.69 Å². The monoisotopic (exact) mass is 417 g/mol. The molecule has 0 saturated heterocycles. The van der Waals surface area contributed by atoms with Crippen molar-refractivity contribution in [2.75, 3.05) is 18.5 Å². The number of rotatable bonds is 4. The molecule has 0 aliphatic carbocycles. The molecule has 7 heteroatoms. The SMILES string of the molecule is O=C(Nc1ccc2c(c1)OCCCO2)c1cn(-c2ccccc2)nc1-c1cccs1. The Morgan fingerprint density at radius 1 is 1.00 bits per heavy atom. The van der Waals surface area contributed by atoms with Gasteiger partial charge in [-0.25, -0.2) is 4.68 Å². The van der Waals surface area contributed by atoms with Gasteiger partial charge in [0.2, 0.25) is 0 Å². The van der Waals surface area contributed by atoms with Crippen LogP contribution < -0.4 is 14.8 Å². The molecule has 6 nitrogen and oxygen atoms in total. The Hall–Kier alpha value is -3.58. The molecule has 0 radical (unpaired) electrons. The summed E-state index contributed by atoms with van der Waals surface area (Å²) in [6, 6.07) is 19.1. The molecule has 30 heavy (non-hydrogen) atoms. The first kappa shape index (κ1) is 18.4. The third-order valence-electron chi connectivity index (χ3n) is 4.74. The largest absolute Gasteiger partial charge is 0.490 e. The number of hydrogen-bond acceptors (Lipinski definition) is 5. The van der Waals surface area contributed by atoms with Crippen LogP contribution in [0, 0.1) is 0 Å². The van der Waals surface area contributed by atoms with Crippen LogP contribution in [0.5, 0.6) is 11.5 Å². The molecule has 150 valence electrons. The van der Waals surface area contributed by atoms with Crippen molar-refractivity contribution in [1.29, 1.82) is 0 Å². The van der Waals surface area contributed by atoms with Gasteiger partial charge < -0.3 is 14.8 Å². The molecule has 4 aromatic rings. The van der Waals surface area contributed by atoms with E-state index in [2.05, 4.69) is 10.4 Å². The second-order valence-electron chi connectivity index (χ2n) is 6.81. The lowest BCUT2D eigenvalue weighted by molar-refractivity contribution is 0.102. The van der Waals surface area contributed by atoms with Crippen LogP contribution in [0.4, 0.5) is 5.69 Å². The topological polar surface area (TPSA) is 65.4 Å². The van der Waals surface area contributed by atoms with E-state index in [0.717, 1.165) is 17.0 Å². The van der Waals surface area contributed by atoms with Gasteiger partial charge in [0.05, 0.1) is 29.3 Å². The van der Waals surface area contributed by atoms with E-state index in [9.17, 15) is 4.79 Å². The van der Waals surface area contributed by atoms with Crippen LogP contribution in [0.3, 0.4) is 0 Å². The second kappa shape index (κ2) is 8.04. The minimum atomic E-state index is -0.227. The van der Waals surface area contributed by atoms with Gasteiger partial charge in [-0.2, -0.15) is 5.10 Å². The van der Waals surface area contributed by atoms with Gasteiger partial charge in [-0.05, 0) is 35.7 Å². The summed E-state index contributed by atoms with van der Waals surface area (Å²) in [5.74, 6) is 1.11. The molecule has 0 unspecified atom stereocenters. The summed E-state index contributed by atoms with van der Waals surface area (Å²) in [5, 5.41) is 9.64. The van der Waals surface area contributed by atoms with E-state index in [1.807, 2.05) is 60.0 Å². The smallest absolute Gasteiger partial charge is 0.259 e. The van der Waals surface area contributed by atoms with E-state index in [1.165, 1.54) is 0 Å². The second-order valence-corrected chi connectivity index (χ2v) is 7.76. The quantitative estimate of drug-likeness (QED) is 0.507.